The number of aliphatic imine (C=N–C) groups is 1. The Morgan fingerprint density at radius 1 is 1.20 bits per heavy atom. The maximum absolute atomic E-state index is 12.0. The lowest BCUT2D eigenvalue weighted by Crippen LogP contribution is -2.43. The zero-order valence-electron chi connectivity index (χ0n) is 14.1. The van der Waals surface area contributed by atoms with Gasteiger partial charge in [-0.2, -0.15) is 0 Å². The van der Waals surface area contributed by atoms with Crippen molar-refractivity contribution in [1.82, 2.24) is 15.6 Å². The van der Waals surface area contributed by atoms with E-state index in [1.54, 1.807) is 31.6 Å². The van der Waals surface area contributed by atoms with E-state index in [2.05, 4.69) is 43.7 Å². The molecule has 1 aromatic heterocycles. The molecule has 132 valence electrons. The number of guanidine groups is 1. The smallest absolute Gasteiger partial charge is 0.252 e. The molecule has 0 radical (unpaired) electrons. The number of halogens is 1. The molecule has 1 aliphatic heterocycles. The minimum Gasteiger partial charge on any atom is -0.354 e. The Kier molecular flexibility index (Phi) is 7.17. The van der Waals surface area contributed by atoms with E-state index < -0.39 is 0 Å². The second-order valence-electron chi connectivity index (χ2n) is 5.50. The summed E-state index contributed by atoms with van der Waals surface area (Å²) in [7, 11) is 1.78. The van der Waals surface area contributed by atoms with Gasteiger partial charge in [0.1, 0.15) is 0 Å². The molecule has 2 N–H and O–H groups in total. The molecular formula is C18H22IN5O. The first-order valence-corrected chi connectivity index (χ1v) is 8.04. The van der Waals surface area contributed by atoms with Crippen LogP contribution in [0.5, 0.6) is 0 Å². The average Bonchev–Trinajstić information content (AvgIpc) is 3.06. The number of carbonyl (C=O) groups excluding carboxylic acids is 1. The Hall–Kier alpha value is -2.16. The van der Waals surface area contributed by atoms with Gasteiger partial charge in [-0.3, -0.25) is 14.8 Å². The average molecular weight is 451 g/mol. The molecule has 0 saturated carbocycles. The van der Waals surface area contributed by atoms with Crippen molar-refractivity contribution in [2.75, 3.05) is 31.6 Å². The molecular weight excluding hydrogens is 429 g/mol. The highest BCUT2D eigenvalue weighted by molar-refractivity contribution is 14.0. The lowest BCUT2D eigenvalue weighted by atomic mass is 10.2. The number of aromatic nitrogens is 1. The lowest BCUT2D eigenvalue weighted by molar-refractivity contribution is 0.0954. The number of amides is 1. The molecule has 0 saturated heterocycles. The Balaban J connectivity index is 0.00000225. The van der Waals surface area contributed by atoms with Crippen molar-refractivity contribution in [3.63, 3.8) is 0 Å². The number of hydrogen-bond acceptors (Lipinski definition) is 3. The molecule has 1 aromatic carbocycles. The van der Waals surface area contributed by atoms with Gasteiger partial charge < -0.3 is 15.5 Å². The third-order valence-electron chi connectivity index (χ3n) is 3.97. The van der Waals surface area contributed by atoms with Gasteiger partial charge in [0.15, 0.2) is 5.96 Å². The van der Waals surface area contributed by atoms with Gasteiger partial charge in [-0.05, 0) is 30.2 Å². The molecule has 0 bridgehead atoms. The number of pyridine rings is 1. The minimum absolute atomic E-state index is 0. The first-order chi connectivity index (χ1) is 11.8. The van der Waals surface area contributed by atoms with Crippen LogP contribution in [0.1, 0.15) is 15.9 Å². The van der Waals surface area contributed by atoms with Crippen LogP contribution in [0.15, 0.2) is 53.8 Å². The monoisotopic (exact) mass is 451 g/mol. The number of carbonyl (C=O) groups is 1. The molecule has 0 aliphatic carbocycles. The van der Waals surface area contributed by atoms with Crippen molar-refractivity contribution in [2.45, 2.75) is 6.42 Å². The topological polar surface area (TPSA) is 69.6 Å². The number of nitrogens with zero attached hydrogens (tertiary/aromatic N) is 3. The van der Waals surface area contributed by atoms with Crippen molar-refractivity contribution in [2.24, 2.45) is 4.99 Å². The van der Waals surface area contributed by atoms with E-state index in [4.69, 9.17) is 0 Å². The highest BCUT2D eigenvalue weighted by Crippen LogP contribution is 2.27. The molecule has 1 aliphatic rings. The maximum Gasteiger partial charge on any atom is 0.252 e. The maximum atomic E-state index is 12.0. The van der Waals surface area contributed by atoms with Crippen LogP contribution >= 0.6 is 24.0 Å². The van der Waals surface area contributed by atoms with Crippen LogP contribution in [0.2, 0.25) is 0 Å². The largest absolute Gasteiger partial charge is 0.354 e. The van der Waals surface area contributed by atoms with Crippen molar-refractivity contribution in [3.05, 3.63) is 59.9 Å². The number of benzene rings is 1. The number of nitrogens with one attached hydrogen (secondary N) is 2. The van der Waals surface area contributed by atoms with Crippen molar-refractivity contribution >= 4 is 41.5 Å². The number of para-hydroxylation sites is 1. The van der Waals surface area contributed by atoms with Gasteiger partial charge in [0.25, 0.3) is 5.91 Å². The third-order valence-corrected chi connectivity index (χ3v) is 3.97. The minimum atomic E-state index is -0.119. The fourth-order valence-corrected chi connectivity index (χ4v) is 2.80. The number of fused-ring (bicyclic) bond motifs is 1. The molecule has 25 heavy (non-hydrogen) atoms. The van der Waals surface area contributed by atoms with Gasteiger partial charge in [-0.1, -0.05) is 18.2 Å². The summed E-state index contributed by atoms with van der Waals surface area (Å²) in [6, 6.07) is 11.9. The molecule has 0 spiro atoms. The number of hydrogen-bond donors (Lipinski definition) is 2. The summed E-state index contributed by atoms with van der Waals surface area (Å²) in [6.07, 6.45) is 4.23. The third kappa shape index (κ3) is 4.68. The van der Waals surface area contributed by atoms with E-state index in [1.165, 1.54) is 11.3 Å². The predicted molar refractivity (Wildman–Crippen MR) is 111 cm³/mol. The van der Waals surface area contributed by atoms with Crippen molar-refractivity contribution in [3.8, 4) is 0 Å². The summed E-state index contributed by atoms with van der Waals surface area (Å²) >= 11 is 0. The van der Waals surface area contributed by atoms with Crippen LogP contribution in [0.4, 0.5) is 5.69 Å². The zero-order chi connectivity index (χ0) is 16.8. The molecule has 1 amide bonds. The van der Waals surface area contributed by atoms with E-state index >= 15 is 0 Å². The van der Waals surface area contributed by atoms with Gasteiger partial charge in [-0.25, -0.2) is 0 Å². The molecule has 2 heterocycles. The first-order valence-electron chi connectivity index (χ1n) is 8.04. The van der Waals surface area contributed by atoms with E-state index in [-0.39, 0.29) is 29.9 Å². The highest BCUT2D eigenvalue weighted by Gasteiger charge is 2.22. The van der Waals surface area contributed by atoms with Crippen LogP contribution in [-0.4, -0.2) is 43.5 Å². The van der Waals surface area contributed by atoms with Gasteiger partial charge in [0.05, 0.1) is 5.56 Å². The van der Waals surface area contributed by atoms with Crippen molar-refractivity contribution < 1.29 is 4.79 Å². The van der Waals surface area contributed by atoms with Gasteiger partial charge >= 0.3 is 0 Å². The second-order valence-corrected chi connectivity index (χ2v) is 5.50. The summed E-state index contributed by atoms with van der Waals surface area (Å²) in [6.45, 7) is 2.04. The first kappa shape index (κ1) is 19.2. The molecule has 6 nitrogen and oxygen atoms in total. The van der Waals surface area contributed by atoms with Crippen LogP contribution in [0.25, 0.3) is 0 Å². The standard InChI is InChI=1S/C18H21N5O.HI/c1-19-18(23-12-8-14-5-2-3-7-16(14)23)22-11-10-21-17(24)15-6-4-9-20-13-15;/h2-7,9,13H,8,10-12H2,1H3,(H,19,22)(H,21,24);1H. The molecule has 7 heteroatoms. The number of anilines is 1. The molecule has 2 aromatic rings. The van der Waals surface area contributed by atoms with Crippen LogP contribution in [0, 0.1) is 0 Å². The van der Waals surface area contributed by atoms with Gasteiger partial charge in [-0.15, -0.1) is 24.0 Å². The quantitative estimate of drug-likeness (QED) is 0.323. The summed E-state index contributed by atoms with van der Waals surface area (Å²) < 4.78 is 0. The van der Waals surface area contributed by atoms with Crippen LogP contribution in [-0.2, 0) is 6.42 Å². The SMILES string of the molecule is CN=C(NCCNC(=O)c1cccnc1)N1CCc2ccccc21.I. The predicted octanol–water partition coefficient (Wildman–Crippen LogP) is 2.07. The van der Waals surface area contributed by atoms with Gasteiger partial charge in [0.2, 0.25) is 0 Å². The van der Waals surface area contributed by atoms with Crippen LogP contribution < -0.4 is 15.5 Å². The fourth-order valence-electron chi connectivity index (χ4n) is 2.80. The normalized spacial score (nSPS) is 13.0. The van der Waals surface area contributed by atoms with Crippen LogP contribution in [0.3, 0.4) is 0 Å². The van der Waals surface area contributed by atoms with E-state index in [0.717, 1.165) is 18.9 Å². The van der Waals surface area contributed by atoms with Crippen molar-refractivity contribution in [1.29, 1.82) is 0 Å². The highest BCUT2D eigenvalue weighted by atomic mass is 127. The van der Waals surface area contributed by atoms with E-state index in [0.29, 0.717) is 18.7 Å². The Bertz CT molecular complexity index is 735. The zero-order valence-corrected chi connectivity index (χ0v) is 16.4. The fraction of sp³-hybridized carbons (Fsp3) is 0.278. The molecule has 0 unspecified atom stereocenters. The Labute approximate surface area is 164 Å². The van der Waals surface area contributed by atoms with E-state index in [9.17, 15) is 4.79 Å². The summed E-state index contributed by atoms with van der Waals surface area (Å²) in [5.41, 5.74) is 3.10. The lowest BCUT2D eigenvalue weighted by Gasteiger charge is -2.22. The summed E-state index contributed by atoms with van der Waals surface area (Å²) in [5, 5.41) is 6.18. The van der Waals surface area contributed by atoms with E-state index in [1.807, 2.05) is 6.07 Å². The summed E-state index contributed by atoms with van der Waals surface area (Å²) in [4.78, 5) is 22.4. The Morgan fingerprint density at radius 3 is 2.76 bits per heavy atom. The Morgan fingerprint density at radius 2 is 2.00 bits per heavy atom. The summed E-state index contributed by atoms with van der Waals surface area (Å²) in [5.74, 6) is 0.710. The molecule has 0 atom stereocenters. The molecule has 3 rings (SSSR count). The molecule has 0 fully saturated rings. The van der Waals surface area contributed by atoms with Gasteiger partial charge in [0, 0.05) is 44.8 Å². The second kappa shape index (κ2) is 9.36. The number of rotatable bonds is 4.